The highest BCUT2D eigenvalue weighted by Gasteiger charge is 2.32. The summed E-state index contributed by atoms with van der Waals surface area (Å²) in [6.45, 7) is 1.42. The van der Waals surface area contributed by atoms with Gasteiger partial charge in [0.1, 0.15) is 17.3 Å². The lowest BCUT2D eigenvalue weighted by atomic mass is 10.1. The van der Waals surface area contributed by atoms with Crippen molar-refractivity contribution in [3.63, 3.8) is 0 Å². The Morgan fingerprint density at radius 3 is 2.43 bits per heavy atom. The molecule has 0 aromatic heterocycles. The van der Waals surface area contributed by atoms with Crippen molar-refractivity contribution in [2.45, 2.75) is 13.3 Å². The van der Waals surface area contributed by atoms with Crippen LogP contribution in [0.3, 0.4) is 0 Å². The molecule has 0 fully saturated rings. The molecule has 1 heterocycles. The summed E-state index contributed by atoms with van der Waals surface area (Å²) < 4.78 is 27.8. The van der Waals surface area contributed by atoms with Gasteiger partial charge in [-0.2, -0.15) is 0 Å². The fraction of sp³-hybridized carbons (Fsp3) is 0.125. The van der Waals surface area contributed by atoms with Crippen LogP contribution in [0.2, 0.25) is 0 Å². The van der Waals surface area contributed by atoms with E-state index in [9.17, 15) is 18.4 Å². The van der Waals surface area contributed by atoms with Gasteiger partial charge in [0.15, 0.2) is 5.78 Å². The molecular weight excluding hydrogens is 276 g/mol. The van der Waals surface area contributed by atoms with E-state index in [-0.39, 0.29) is 17.9 Å². The number of ketones is 1. The number of halogens is 2. The van der Waals surface area contributed by atoms with Crippen LogP contribution in [0.15, 0.2) is 36.4 Å². The number of carbonyl (C=O) groups is 2. The number of hydrogen-bond donors (Lipinski definition) is 0. The average Bonchev–Trinajstić information content (AvgIpc) is 2.74. The Kier molecular flexibility index (Phi) is 3.05. The van der Waals surface area contributed by atoms with Gasteiger partial charge in [-0.05, 0) is 42.8 Å². The van der Waals surface area contributed by atoms with Gasteiger partial charge in [0, 0.05) is 5.56 Å². The van der Waals surface area contributed by atoms with Crippen LogP contribution in [-0.4, -0.2) is 11.7 Å². The molecule has 5 heteroatoms. The van der Waals surface area contributed by atoms with Crippen molar-refractivity contribution < 1.29 is 18.4 Å². The molecule has 0 spiro atoms. The lowest BCUT2D eigenvalue weighted by Crippen LogP contribution is -2.23. The summed E-state index contributed by atoms with van der Waals surface area (Å²) in [7, 11) is 0. The van der Waals surface area contributed by atoms with Gasteiger partial charge in [-0.15, -0.1) is 0 Å². The zero-order valence-corrected chi connectivity index (χ0v) is 11.2. The Labute approximate surface area is 119 Å². The summed E-state index contributed by atoms with van der Waals surface area (Å²) in [5.41, 5.74) is 1.10. The molecule has 2 aromatic rings. The van der Waals surface area contributed by atoms with Crippen LogP contribution in [0.1, 0.15) is 22.8 Å². The summed E-state index contributed by atoms with van der Waals surface area (Å²) in [6.07, 6.45) is 0.0181. The van der Waals surface area contributed by atoms with E-state index in [1.165, 1.54) is 13.0 Å². The molecule has 0 unspecified atom stereocenters. The Morgan fingerprint density at radius 1 is 1.14 bits per heavy atom. The van der Waals surface area contributed by atoms with Crippen molar-refractivity contribution in [1.29, 1.82) is 0 Å². The smallest absolute Gasteiger partial charge is 0.236 e. The Balaban J connectivity index is 2.16. The number of fused-ring (bicyclic) bond motifs is 1. The molecular formula is C16H11F2NO2. The molecule has 0 saturated heterocycles. The highest BCUT2D eigenvalue weighted by molar-refractivity contribution is 6.08. The van der Waals surface area contributed by atoms with Crippen LogP contribution >= 0.6 is 0 Å². The molecule has 0 saturated carbocycles. The second kappa shape index (κ2) is 4.77. The van der Waals surface area contributed by atoms with Crippen LogP contribution in [0.25, 0.3) is 0 Å². The van der Waals surface area contributed by atoms with E-state index in [2.05, 4.69) is 0 Å². The van der Waals surface area contributed by atoms with Crippen LogP contribution in [0, 0.1) is 11.6 Å². The average molecular weight is 287 g/mol. The Hall–Kier alpha value is -2.56. The van der Waals surface area contributed by atoms with Crippen molar-refractivity contribution in [1.82, 2.24) is 0 Å². The van der Waals surface area contributed by atoms with Gasteiger partial charge in [0.05, 0.1) is 12.1 Å². The molecule has 0 bridgehead atoms. The molecule has 0 aliphatic carbocycles. The Bertz CT molecular complexity index is 751. The molecule has 0 radical (unpaired) electrons. The first-order valence-electron chi connectivity index (χ1n) is 6.40. The van der Waals surface area contributed by atoms with E-state index in [0.29, 0.717) is 16.8 Å². The van der Waals surface area contributed by atoms with Crippen LogP contribution < -0.4 is 4.90 Å². The SMILES string of the molecule is CC(=O)c1ccc2c(c1)CC(=O)N2c1c(F)cccc1F. The van der Waals surface area contributed by atoms with Crippen LogP contribution in [-0.2, 0) is 11.2 Å². The number of Topliss-reactive ketones (excluding diaryl/α,β-unsaturated/α-hetero) is 1. The van der Waals surface area contributed by atoms with Crippen molar-refractivity contribution in [3.8, 4) is 0 Å². The molecule has 1 aliphatic heterocycles. The fourth-order valence-electron chi connectivity index (χ4n) is 2.49. The van der Waals surface area contributed by atoms with Crippen molar-refractivity contribution in [2.24, 2.45) is 0 Å². The summed E-state index contributed by atoms with van der Waals surface area (Å²) in [6, 6.07) is 8.14. The number of para-hydroxylation sites is 1. The topological polar surface area (TPSA) is 37.4 Å². The van der Waals surface area contributed by atoms with Gasteiger partial charge in [0.25, 0.3) is 0 Å². The van der Waals surface area contributed by atoms with Gasteiger partial charge < -0.3 is 0 Å². The minimum absolute atomic E-state index is 0.0181. The summed E-state index contributed by atoms with van der Waals surface area (Å²) in [4.78, 5) is 24.5. The van der Waals surface area contributed by atoms with Crippen molar-refractivity contribution in [3.05, 3.63) is 59.2 Å². The van der Waals surface area contributed by atoms with E-state index in [1.807, 2.05) is 0 Å². The summed E-state index contributed by atoms with van der Waals surface area (Å²) in [5, 5.41) is 0. The number of carbonyl (C=O) groups excluding carboxylic acids is 2. The monoisotopic (exact) mass is 287 g/mol. The van der Waals surface area contributed by atoms with Gasteiger partial charge >= 0.3 is 0 Å². The van der Waals surface area contributed by atoms with Gasteiger partial charge in [-0.25, -0.2) is 8.78 Å². The van der Waals surface area contributed by atoms with Gasteiger partial charge in [-0.3, -0.25) is 14.5 Å². The molecule has 3 nitrogen and oxygen atoms in total. The van der Waals surface area contributed by atoms with E-state index >= 15 is 0 Å². The van der Waals surface area contributed by atoms with E-state index in [0.717, 1.165) is 17.0 Å². The maximum absolute atomic E-state index is 13.9. The van der Waals surface area contributed by atoms with Crippen molar-refractivity contribution in [2.75, 3.05) is 4.90 Å². The van der Waals surface area contributed by atoms with E-state index < -0.39 is 17.5 Å². The van der Waals surface area contributed by atoms with Gasteiger partial charge in [0.2, 0.25) is 5.91 Å². The molecule has 21 heavy (non-hydrogen) atoms. The second-order valence-corrected chi connectivity index (χ2v) is 4.88. The summed E-state index contributed by atoms with van der Waals surface area (Å²) >= 11 is 0. The third-order valence-electron chi connectivity index (χ3n) is 3.48. The zero-order valence-electron chi connectivity index (χ0n) is 11.2. The molecule has 106 valence electrons. The highest BCUT2D eigenvalue weighted by Crippen LogP contribution is 2.38. The van der Waals surface area contributed by atoms with Crippen LogP contribution in [0.4, 0.5) is 20.2 Å². The number of amides is 1. The maximum Gasteiger partial charge on any atom is 0.236 e. The lowest BCUT2D eigenvalue weighted by Gasteiger charge is -2.19. The third-order valence-corrected chi connectivity index (χ3v) is 3.48. The number of nitrogens with zero attached hydrogens (tertiary/aromatic N) is 1. The highest BCUT2D eigenvalue weighted by atomic mass is 19.1. The minimum atomic E-state index is -0.799. The second-order valence-electron chi connectivity index (χ2n) is 4.88. The predicted molar refractivity (Wildman–Crippen MR) is 73.7 cm³/mol. The number of hydrogen-bond acceptors (Lipinski definition) is 2. The van der Waals surface area contributed by atoms with E-state index in [1.54, 1.807) is 18.2 Å². The largest absolute Gasteiger partial charge is 0.295 e. The zero-order chi connectivity index (χ0) is 15.1. The molecule has 1 amide bonds. The standard InChI is InChI=1S/C16H11F2NO2/c1-9(20)10-5-6-14-11(7-10)8-15(21)19(14)16-12(17)3-2-4-13(16)18/h2-7H,8H2,1H3. The quantitative estimate of drug-likeness (QED) is 0.794. The number of benzene rings is 2. The predicted octanol–water partition coefficient (Wildman–Crippen LogP) is 3.39. The molecule has 2 aromatic carbocycles. The number of rotatable bonds is 2. The fourth-order valence-corrected chi connectivity index (χ4v) is 2.49. The molecule has 0 atom stereocenters. The lowest BCUT2D eigenvalue weighted by molar-refractivity contribution is -0.116. The third kappa shape index (κ3) is 2.11. The molecule has 3 rings (SSSR count). The maximum atomic E-state index is 13.9. The first-order chi connectivity index (χ1) is 9.99. The Morgan fingerprint density at radius 2 is 1.81 bits per heavy atom. The molecule has 0 N–H and O–H groups in total. The first-order valence-corrected chi connectivity index (χ1v) is 6.40. The van der Waals surface area contributed by atoms with E-state index in [4.69, 9.17) is 0 Å². The first kappa shape index (κ1) is 13.4. The van der Waals surface area contributed by atoms with Crippen LogP contribution in [0.5, 0.6) is 0 Å². The van der Waals surface area contributed by atoms with Crippen molar-refractivity contribution >= 4 is 23.1 Å². The normalized spacial score (nSPS) is 13.5. The summed E-state index contributed by atoms with van der Waals surface area (Å²) in [5.74, 6) is -2.14. The van der Waals surface area contributed by atoms with Gasteiger partial charge in [-0.1, -0.05) is 6.07 Å². The minimum Gasteiger partial charge on any atom is -0.295 e. The number of anilines is 2. The molecule has 1 aliphatic rings.